The van der Waals surface area contributed by atoms with Gasteiger partial charge in [-0.25, -0.2) is 9.89 Å². The van der Waals surface area contributed by atoms with Crippen LogP contribution in [0.2, 0.25) is 0 Å². The molecule has 2 aliphatic rings. The van der Waals surface area contributed by atoms with Crippen LogP contribution in [0.4, 0.5) is 0 Å². The Morgan fingerprint density at radius 2 is 1.85 bits per heavy atom. The highest BCUT2D eigenvalue weighted by molar-refractivity contribution is 5.21. The Morgan fingerprint density at radius 1 is 1.08 bits per heavy atom. The molecule has 0 amide bonds. The number of rotatable bonds is 5. The predicted molar refractivity (Wildman–Crippen MR) is 100 cm³/mol. The first-order valence-corrected chi connectivity index (χ1v) is 10.2. The van der Waals surface area contributed by atoms with Gasteiger partial charge in [0.1, 0.15) is 5.82 Å². The van der Waals surface area contributed by atoms with Gasteiger partial charge < -0.3 is 0 Å². The number of hydrogen-bond acceptors (Lipinski definition) is 4. The number of nitrogens with zero attached hydrogens (tertiary/aromatic N) is 4. The molecule has 0 bridgehead atoms. The van der Waals surface area contributed by atoms with E-state index in [9.17, 15) is 4.79 Å². The Balaban J connectivity index is 1.37. The van der Waals surface area contributed by atoms with Gasteiger partial charge in [0.05, 0.1) is 6.20 Å². The number of aromatic amines is 2. The van der Waals surface area contributed by atoms with Crippen molar-refractivity contribution in [2.75, 3.05) is 13.1 Å². The summed E-state index contributed by atoms with van der Waals surface area (Å²) in [5.74, 6) is 1.98. The number of aromatic nitrogens is 5. The van der Waals surface area contributed by atoms with Gasteiger partial charge in [-0.15, -0.1) is 0 Å². The van der Waals surface area contributed by atoms with E-state index in [1.165, 1.54) is 43.4 Å². The van der Waals surface area contributed by atoms with Crippen LogP contribution in [0.25, 0.3) is 0 Å². The zero-order valence-electron chi connectivity index (χ0n) is 15.7. The average Bonchev–Trinajstić information content (AvgIpc) is 3.29. The van der Waals surface area contributed by atoms with Gasteiger partial charge in [-0.2, -0.15) is 10.2 Å². The Bertz CT molecular complexity index is 761. The maximum Gasteiger partial charge on any atom is 0.343 e. The lowest BCUT2D eigenvalue weighted by molar-refractivity contribution is 0.199. The molecule has 1 aliphatic carbocycles. The molecule has 26 heavy (non-hydrogen) atoms. The van der Waals surface area contributed by atoms with Crippen molar-refractivity contribution >= 4 is 0 Å². The smallest absolute Gasteiger partial charge is 0.299 e. The first-order valence-electron chi connectivity index (χ1n) is 10.2. The molecule has 7 nitrogen and oxygen atoms in total. The SMILES string of the molecule is CCn1c(C2CCN(Cc3cn[nH]c3C3CCCCC3)CC2)n[nH]c1=O. The van der Waals surface area contributed by atoms with Crippen LogP contribution in [-0.4, -0.2) is 43.0 Å². The van der Waals surface area contributed by atoms with E-state index in [4.69, 9.17) is 0 Å². The normalized spacial score (nSPS) is 20.7. The van der Waals surface area contributed by atoms with Crippen molar-refractivity contribution in [1.29, 1.82) is 0 Å². The standard InChI is InChI=1S/C19H30N6O/c1-2-25-18(22-23-19(25)26)15-8-10-24(11-9-15)13-16-12-20-21-17(16)14-6-4-3-5-7-14/h12,14-15H,2-11,13H2,1H3,(H,20,21)(H,23,26). The highest BCUT2D eigenvalue weighted by Gasteiger charge is 2.27. The third kappa shape index (κ3) is 3.49. The van der Waals surface area contributed by atoms with E-state index in [-0.39, 0.29) is 5.69 Å². The lowest BCUT2D eigenvalue weighted by Gasteiger charge is -2.32. The molecule has 3 heterocycles. The number of H-pyrrole nitrogens is 2. The maximum atomic E-state index is 11.8. The van der Waals surface area contributed by atoms with Gasteiger partial charge in [-0.1, -0.05) is 19.3 Å². The molecule has 2 N–H and O–H groups in total. The van der Waals surface area contributed by atoms with Crippen LogP contribution < -0.4 is 5.69 Å². The number of nitrogens with one attached hydrogen (secondary N) is 2. The third-order valence-electron chi connectivity index (χ3n) is 6.22. The molecule has 0 radical (unpaired) electrons. The number of likely N-dealkylation sites (tertiary alicyclic amines) is 1. The summed E-state index contributed by atoms with van der Waals surface area (Å²) < 4.78 is 1.78. The van der Waals surface area contributed by atoms with Crippen LogP contribution in [0.3, 0.4) is 0 Å². The lowest BCUT2D eigenvalue weighted by Crippen LogP contribution is -2.34. The zero-order chi connectivity index (χ0) is 17.9. The van der Waals surface area contributed by atoms with E-state index < -0.39 is 0 Å². The second-order valence-corrected chi connectivity index (χ2v) is 7.83. The van der Waals surface area contributed by atoms with Gasteiger partial charge in [-0.3, -0.25) is 14.6 Å². The zero-order valence-corrected chi connectivity index (χ0v) is 15.7. The molecule has 1 saturated carbocycles. The van der Waals surface area contributed by atoms with Crippen molar-refractivity contribution in [3.05, 3.63) is 33.8 Å². The van der Waals surface area contributed by atoms with E-state index in [0.29, 0.717) is 18.4 Å². The van der Waals surface area contributed by atoms with Gasteiger partial charge in [0.15, 0.2) is 0 Å². The van der Waals surface area contributed by atoms with Crippen molar-refractivity contribution < 1.29 is 0 Å². The summed E-state index contributed by atoms with van der Waals surface area (Å²) in [4.78, 5) is 14.3. The Labute approximate surface area is 154 Å². The van der Waals surface area contributed by atoms with Crippen LogP contribution in [0.1, 0.15) is 80.8 Å². The molecule has 1 saturated heterocycles. The largest absolute Gasteiger partial charge is 0.343 e. The molecule has 0 spiro atoms. The minimum Gasteiger partial charge on any atom is -0.299 e. The van der Waals surface area contributed by atoms with Gasteiger partial charge in [-0.05, 0) is 45.7 Å². The molecule has 0 aromatic carbocycles. The monoisotopic (exact) mass is 358 g/mol. The molecule has 142 valence electrons. The molecule has 0 unspecified atom stereocenters. The molecule has 1 aliphatic heterocycles. The highest BCUT2D eigenvalue weighted by atomic mass is 16.1. The Hall–Kier alpha value is -1.89. The molecular weight excluding hydrogens is 328 g/mol. The van der Waals surface area contributed by atoms with Crippen LogP contribution in [0.15, 0.2) is 11.0 Å². The van der Waals surface area contributed by atoms with Crippen molar-refractivity contribution in [2.24, 2.45) is 0 Å². The molecule has 4 rings (SSSR count). The van der Waals surface area contributed by atoms with E-state index in [2.05, 4.69) is 25.3 Å². The quantitative estimate of drug-likeness (QED) is 0.861. The van der Waals surface area contributed by atoms with E-state index in [1.54, 1.807) is 4.57 Å². The third-order valence-corrected chi connectivity index (χ3v) is 6.22. The van der Waals surface area contributed by atoms with Crippen molar-refractivity contribution in [2.45, 2.75) is 76.8 Å². The van der Waals surface area contributed by atoms with Crippen LogP contribution in [-0.2, 0) is 13.1 Å². The second-order valence-electron chi connectivity index (χ2n) is 7.83. The van der Waals surface area contributed by atoms with Gasteiger partial charge in [0.2, 0.25) is 0 Å². The van der Waals surface area contributed by atoms with Crippen molar-refractivity contribution in [3.63, 3.8) is 0 Å². The fourth-order valence-corrected chi connectivity index (χ4v) is 4.73. The Morgan fingerprint density at radius 3 is 2.58 bits per heavy atom. The van der Waals surface area contributed by atoms with Crippen molar-refractivity contribution in [1.82, 2.24) is 29.9 Å². The second kappa shape index (κ2) is 7.78. The summed E-state index contributed by atoms with van der Waals surface area (Å²) in [6.45, 7) is 5.76. The summed E-state index contributed by atoms with van der Waals surface area (Å²) in [5, 5.41) is 14.5. The minimum absolute atomic E-state index is 0.0829. The maximum absolute atomic E-state index is 11.8. The van der Waals surface area contributed by atoms with Crippen molar-refractivity contribution in [3.8, 4) is 0 Å². The highest BCUT2D eigenvalue weighted by Crippen LogP contribution is 2.34. The summed E-state index contributed by atoms with van der Waals surface area (Å²) in [6.07, 6.45) is 10.8. The fraction of sp³-hybridized carbons (Fsp3) is 0.737. The van der Waals surface area contributed by atoms with Gasteiger partial charge >= 0.3 is 5.69 Å². The number of hydrogen-bond donors (Lipinski definition) is 2. The summed E-state index contributed by atoms with van der Waals surface area (Å²) >= 11 is 0. The summed E-state index contributed by atoms with van der Waals surface area (Å²) in [7, 11) is 0. The first kappa shape index (κ1) is 17.5. The molecule has 7 heteroatoms. The predicted octanol–water partition coefficient (Wildman–Crippen LogP) is 2.74. The first-order chi connectivity index (χ1) is 12.8. The Kier molecular flexibility index (Phi) is 5.24. The molecule has 2 aromatic heterocycles. The average molecular weight is 358 g/mol. The molecule has 2 aromatic rings. The summed E-state index contributed by atoms with van der Waals surface area (Å²) in [5.41, 5.74) is 2.67. The lowest BCUT2D eigenvalue weighted by atomic mass is 9.85. The van der Waals surface area contributed by atoms with E-state index in [1.807, 2.05) is 13.1 Å². The van der Waals surface area contributed by atoms with Crippen LogP contribution >= 0.6 is 0 Å². The molecule has 2 fully saturated rings. The van der Waals surface area contributed by atoms with Gasteiger partial charge in [0, 0.05) is 36.2 Å². The minimum atomic E-state index is -0.0829. The van der Waals surface area contributed by atoms with Crippen LogP contribution in [0, 0.1) is 0 Å². The molecular formula is C19H30N6O. The van der Waals surface area contributed by atoms with Gasteiger partial charge in [0.25, 0.3) is 0 Å². The molecule has 0 atom stereocenters. The van der Waals surface area contributed by atoms with Crippen LogP contribution in [0.5, 0.6) is 0 Å². The topological polar surface area (TPSA) is 82.6 Å². The fourth-order valence-electron chi connectivity index (χ4n) is 4.73. The number of piperidine rings is 1. The summed E-state index contributed by atoms with van der Waals surface area (Å²) in [6, 6.07) is 0. The van der Waals surface area contributed by atoms with E-state index >= 15 is 0 Å². The van der Waals surface area contributed by atoms with E-state index in [0.717, 1.165) is 38.3 Å².